The van der Waals surface area contributed by atoms with Crippen LogP contribution in [0.5, 0.6) is 0 Å². The van der Waals surface area contributed by atoms with Crippen molar-refractivity contribution < 1.29 is 12.9 Å². The van der Waals surface area contributed by atoms with Gasteiger partial charge in [-0.25, -0.2) is 8.42 Å². The Labute approximate surface area is 184 Å². The summed E-state index contributed by atoms with van der Waals surface area (Å²) in [6, 6.07) is 6.82. The minimum absolute atomic E-state index is 0.0713. The van der Waals surface area contributed by atoms with E-state index in [4.69, 9.17) is 4.52 Å². The van der Waals surface area contributed by atoms with Gasteiger partial charge in [0.2, 0.25) is 21.7 Å². The van der Waals surface area contributed by atoms with Gasteiger partial charge >= 0.3 is 0 Å². The molecule has 3 rings (SSSR count). The molecule has 3 aromatic rings. The molecule has 0 aliphatic heterocycles. The average molecular weight is 443 g/mol. The van der Waals surface area contributed by atoms with E-state index in [1.54, 1.807) is 18.5 Å². The zero-order valence-corrected chi connectivity index (χ0v) is 19.9. The maximum atomic E-state index is 13.4. The lowest BCUT2D eigenvalue weighted by molar-refractivity contribution is 0.311. The van der Waals surface area contributed by atoms with Gasteiger partial charge < -0.3 is 4.52 Å². The Morgan fingerprint density at radius 2 is 1.74 bits per heavy atom. The molecule has 1 aromatic carbocycles. The van der Waals surface area contributed by atoms with Crippen LogP contribution in [0.15, 0.2) is 46.1 Å². The SMILES string of the molecule is Cc1cc(C(C)(C)C)cc(C)c1S(=O)(=O)NC(c1nc(-c2cccnc2)no1)C(C)C. The van der Waals surface area contributed by atoms with E-state index in [9.17, 15) is 8.42 Å². The topological polar surface area (TPSA) is 98.0 Å². The average Bonchev–Trinajstić information content (AvgIpc) is 3.15. The first-order valence-corrected chi connectivity index (χ1v) is 11.8. The zero-order valence-electron chi connectivity index (χ0n) is 19.1. The Hall–Kier alpha value is -2.58. The number of aromatic nitrogens is 3. The van der Waals surface area contributed by atoms with Crippen LogP contribution < -0.4 is 4.72 Å². The van der Waals surface area contributed by atoms with Crippen LogP contribution in [0.25, 0.3) is 11.4 Å². The minimum Gasteiger partial charge on any atom is -0.337 e. The molecule has 8 heteroatoms. The summed E-state index contributed by atoms with van der Waals surface area (Å²) >= 11 is 0. The highest BCUT2D eigenvalue weighted by Crippen LogP contribution is 2.31. The Morgan fingerprint density at radius 1 is 1.10 bits per heavy atom. The summed E-state index contributed by atoms with van der Waals surface area (Å²) in [5.74, 6) is 0.486. The van der Waals surface area contributed by atoms with Crippen LogP contribution in [0.4, 0.5) is 0 Å². The Bertz CT molecular complexity index is 1140. The molecule has 2 heterocycles. The first kappa shape index (κ1) is 23.1. The summed E-state index contributed by atoms with van der Waals surface area (Å²) in [5, 5.41) is 4.01. The predicted molar refractivity (Wildman–Crippen MR) is 120 cm³/mol. The fourth-order valence-electron chi connectivity index (χ4n) is 3.48. The molecule has 0 fully saturated rings. The van der Waals surface area contributed by atoms with Crippen molar-refractivity contribution in [3.63, 3.8) is 0 Å². The monoisotopic (exact) mass is 442 g/mol. The highest BCUT2D eigenvalue weighted by atomic mass is 32.2. The molecule has 1 N–H and O–H groups in total. The second kappa shape index (κ2) is 8.51. The lowest BCUT2D eigenvalue weighted by Gasteiger charge is -2.24. The molecule has 1 unspecified atom stereocenters. The number of nitrogens with zero attached hydrogens (tertiary/aromatic N) is 3. The van der Waals surface area contributed by atoms with Crippen LogP contribution in [0.3, 0.4) is 0 Å². The maximum absolute atomic E-state index is 13.4. The minimum atomic E-state index is -3.82. The number of rotatable bonds is 6. The molecule has 7 nitrogen and oxygen atoms in total. The third-order valence-electron chi connectivity index (χ3n) is 5.17. The summed E-state index contributed by atoms with van der Waals surface area (Å²) in [4.78, 5) is 8.78. The van der Waals surface area contributed by atoms with Crippen LogP contribution in [0.2, 0.25) is 0 Å². The smallest absolute Gasteiger partial charge is 0.245 e. The molecule has 2 aromatic heterocycles. The molecule has 0 amide bonds. The third-order valence-corrected chi connectivity index (χ3v) is 6.92. The van der Waals surface area contributed by atoms with Crippen LogP contribution in [0, 0.1) is 19.8 Å². The summed E-state index contributed by atoms with van der Waals surface area (Å²) in [6.07, 6.45) is 3.29. The highest BCUT2D eigenvalue weighted by Gasteiger charge is 2.31. The first-order valence-electron chi connectivity index (χ1n) is 10.3. The number of nitrogens with one attached hydrogen (secondary N) is 1. The fraction of sp³-hybridized carbons (Fsp3) is 0.435. The molecule has 166 valence electrons. The lowest BCUT2D eigenvalue weighted by atomic mass is 9.85. The Kier molecular flexibility index (Phi) is 6.34. The molecule has 0 saturated carbocycles. The third kappa shape index (κ3) is 5.02. The van der Waals surface area contributed by atoms with E-state index in [2.05, 4.69) is 40.6 Å². The number of hydrogen-bond donors (Lipinski definition) is 1. The number of benzene rings is 1. The van der Waals surface area contributed by atoms with Gasteiger partial charge in [-0.2, -0.15) is 9.71 Å². The Balaban J connectivity index is 1.96. The van der Waals surface area contributed by atoms with Crippen LogP contribution >= 0.6 is 0 Å². The quantitative estimate of drug-likeness (QED) is 0.593. The van der Waals surface area contributed by atoms with Crippen LogP contribution in [-0.2, 0) is 15.4 Å². The van der Waals surface area contributed by atoms with Gasteiger partial charge in [0, 0.05) is 18.0 Å². The van der Waals surface area contributed by atoms with Crippen LogP contribution in [0.1, 0.15) is 63.2 Å². The van der Waals surface area contributed by atoms with E-state index >= 15 is 0 Å². The molecular weight excluding hydrogens is 412 g/mol. The molecular formula is C23H30N4O3S. The van der Waals surface area contributed by atoms with E-state index in [0.717, 1.165) is 5.56 Å². The molecule has 0 bridgehead atoms. The molecule has 1 atom stereocenters. The summed E-state index contributed by atoms with van der Waals surface area (Å²) < 4.78 is 35.0. The van der Waals surface area contributed by atoms with Gasteiger partial charge in [-0.3, -0.25) is 4.98 Å². The number of sulfonamides is 1. The van der Waals surface area contributed by atoms with Crippen molar-refractivity contribution >= 4 is 10.0 Å². The van der Waals surface area contributed by atoms with Crippen molar-refractivity contribution in [3.8, 4) is 11.4 Å². The van der Waals surface area contributed by atoms with Crippen molar-refractivity contribution in [2.24, 2.45) is 5.92 Å². The second-order valence-electron chi connectivity index (χ2n) is 9.23. The fourth-order valence-corrected chi connectivity index (χ4v) is 5.27. The number of aryl methyl sites for hydroxylation is 2. The van der Waals surface area contributed by atoms with E-state index in [-0.39, 0.29) is 22.1 Å². The van der Waals surface area contributed by atoms with Gasteiger partial charge in [-0.05, 0) is 54.0 Å². The lowest BCUT2D eigenvalue weighted by Crippen LogP contribution is -2.33. The van der Waals surface area contributed by atoms with Crippen molar-refractivity contribution in [2.45, 2.75) is 64.8 Å². The van der Waals surface area contributed by atoms with E-state index in [0.29, 0.717) is 22.5 Å². The second-order valence-corrected chi connectivity index (χ2v) is 10.9. The molecule has 0 radical (unpaired) electrons. The predicted octanol–water partition coefficient (Wildman–Crippen LogP) is 4.72. The summed E-state index contributed by atoms with van der Waals surface area (Å²) in [5.41, 5.74) is 3.15. The van der Waals surface area contributed by atoms with Crippen LogP contribution in [-0.4, -0.2) is 23.5 Å². The highest BCUT2D eigenvalue weighted by molar-refractivity contribution is 7.89. The normalized spacial score (nSPS) is 13.5. The largest absolute Gasteiger partial charge is 0.337 e. The van der Waals surface area contributed by atoms with Gasteiger partial charge in [0.05, 0.1) is 4.90 Å². The van der Waals surface area contributed by atoms with Gasteiger partial charge in [0.1, 0.15) is 6.04 Å². The first-order chi connectivity index (χ1) is 14.4. The standard InChI is InChI=1S/C23H30N4O3S/c1-14(2)19(22-25-21(26-30-22)17-9-8-10-24-13-17)27-31(28,29)20-15(3)11-18(12-16(20)4)23(5,6)7/h8-14,19,27H,1-7H3. The molecule has 0 aliphatic rings. The van der Waals surface area contributed by atoms with Gasteiger partial charge in [-0.1, -0.05) is 51.9 Å². The van der Waals surface area contributed by atoms with Crippen molar-refractivity contribution in [1.82, 2.24) is 19.8 Å². The molecule has 0 spiro atoms. The van der Waals surface area contributed by atoms with Crippen molar-refractivity contribution in [2.75, 3.05) is 0 Å². The number of hydrogen-bond acceptors (Lipinski definition) is 6. The van der Waals surface area contributed by atoms with Gasteiger partial charge in [0.25, 0.3) is 0 Å². The van der Waals surface area contributed by atoms with E-state index in [1.165, 1.54) is 0 Å². The summed E-state index contributed by atoms with van der Waals surface area (Å²) in [6.45, 7) is 13.8. The molecule has 31 heavy (non-hydrogen) atoms. The maximum Gasteiger partial charge on any atom is 0.245 e. The van der Waals surface area contributed by atoms with Gasteiger partial charge in [-0.15, -0.1) is 0 Å². The van der Waals surface area contributed by atoms with Crippen molar-refractivity contribution in [1.29, 1.82) is 0 Å². The molecule has 0 saturated heterocycles. The molecule has 0 aliphatic carbocycles. The Morgan fingerprint density at radius 3 is 2.26 bits per heavy atom. The van der Waals surface area contributed by atoms with E-state index < -0.39 is 16.1 Å². The zero-order chi connectivity index (χ0) is 23.0. The summed E-state index contributed by atoms with van der Waals surface area (Å²) in [7, 11) is -3.82. The number of pyridine rings is 1. The van der Waals surface area contributed by atoms with Gasteiger partial charge in [0.15, 0.2) is 0 Å². The van der Waals surface area contributed by atoms with Crippen molar-refractivity contribution in [3.05, 3.63) is 59.2 Å². The van der Waals surface area contributed by atoms with E-state index in [1.807, 2.05) is 45.9 Å².